The molecule has 4 heteroatoms. The van der Waals surface area contributed by atoms with E-state index in [0.29, 0.717) is 0 Å². The Bertz CT molecular complexity index is 291. The molecule has 1 aromatic rings. The van der Waals surface area contributed by atoms with E-state index < -0.39 is 0 Å². The zero-order chi connectivity index (χ0) is 11.1. The van der Waals surface area contributed by atoms with Gasteiger partial charge in [-0.25, -0.2) is 0 Å². The van der Waals surface area contributed by atoms with Crippen molar-refractivity contribution < 1.29 is 4.74 Å². The average molecular weight is 209 g/mol. The molecule has 0 spiro atoms. The van der Waals surface area contributed by atoms with Gasteiger partial charge >= 0.3 is 0 Å². The molecule has 0 aliphatic heterocycles. The molecule has 0 aliphatic rings. The molecule has 1 N–H and O–H groups in total. The Morgan fingerprint density at radius 2 is 2.27 bits per heavy atom. The van der Waals surface area contributed by atoms with Crippen LogP contribution in [0.2, 0.25) is 0 Å². The summed E-state index contributed by atoms with van der Waals surface area (Å²) in [4.78, 5) is 6.34. The molecule has 1 heterocycles. The second kappa shape index (κ2) is 6.24. The van der Waals surface area contributed by atoms with Crippen LogP contribution in [0.1, 0.15) is 6.42 Å². The zero-order valence-electron chi connectivity index (χ0n) is 9.66. The summed E-state index contributed by atoms with van der Waals surface area (Å²) in [6, 6.07) is 2.08. The molecule has 4 nitrogen and oxygen atoms in total. The molecule has 0 bridgehead atoms. The summed E-state index contributed by atoms with van der Waals surface area (Å²) >= 11 is 0. The van der Waals surface area contributed by atoms with Crippen LogP contribution in [0.3, 0.4) is 0 Å². The topological polar surface area (TPSA) is 37.4 Å². The van der Waals surface area contributed by atoms with Gasteiger partial charge in [-0.1, -0.05) is 0 Å². The van der Waals surface area contributed by atoms with Crippen molar-refractivity contribution in [2.24, 2.45) is 0 Å². The molecule has 0 radical (unpaired) electrons. The molecule has 15 heavy (non-hydrogen) atoms. The molecule has 0 amide bonds. The van der Waals surface area contributed by atoms with E-state index in [1.807, 2.05) is 19.4 Å². The van der Waals surface area contributed by atoms with Crippen molar-refractivity contribution in [3.8, 4) is 0 Å². The highest BCUT2D eigenvalue weighted by Gasteiger charge is 2.01. The highest BCUT2D eigenvalue weighted by atomic mass is 16.5. The maximum atomic E-state index is 5.02. The normalized spacial score (nSPS) is 10.1. The van der Waals surface area contributed by atoms with Gasteiger partial charge in [0.05, 0.1) is 23.8 Å². The number of rotatable bonds is 6. The van der Waals surface area contributed by atoms with E-state index in [9.17, 15) is 0 Å². The van der Waals surface area contributed by atoms with Crippen LogP contribution in [0.4, 0.5) is 11.4 Å². The van der Waals surface area contributed by atoms with Gasteiger partial charge in [-0.3, -0.25) is 4.98 Å². The van der Waals surface area contributed by atoms with Gasteiger partial charge in [-0.15, -0.1) is 0 Å². The van der Waals surface area contributed by atoms with E-state index in [2.05, 4.69) is 28.3 Å². The first kappa shape index (κ1) is 11.8. The van der Waals surface area contributed by atoms with E-state index >= 15 is 0 Å². The fraction of sp³-hybridized carbons (Fsp3) is 0.545. The predicted molar refractivity (Wildman–Crippen MR) is 63.5 cm³/mol. The third-order valence-electron chi connectivity index (χ3n) is 2.30. The Hall–Kier alpha value is -1.29. The Morgan fingerprint density at radius 1 is 1.47 bits per heavy atom. The van der Waals surface area contributed by atoms with Crippen molar-refractivity contribution >= 4 is 11.4 Å². The lowest BCUT2D eigenvalue weighted by molar-refractivity contribution is 0.196. The molecule has 0 unspecified atom stereocenters. The molecule has 0 aromatic carbocycles. The quantitative estimate of drug-likeness (QED) is 0.722. The van der Waals surface area contributed by atoms with Crippen LogP contribution in [0.15, 0.2) is 18.5 Å². The first-order chi connectivity index (χ1) is 7.27. The summed E-state index contributed by atoms with van der Waals surface area (Å²) < 4.78 is 5.02. The van der Waals surface area contributed by atoms with Crippen LogP contribution in [0.25, 0.3) is 0 Å². The number of aromatic nitrogens is 1. The number of nitrogens with zero attached hydrogens (tertiary/aromatic N) is 2. The largest absolute Gasteiger partial charge is 0.387 e. The fourth-order valence-electron chi connectivity index (χ4n) is 1.35. The standard InChI is InChI=1S/C11H19N3O/c1-12-10-7-11(9-13-8-10)14(2)5-4-6-15-3/h7-9,12H,4-6H2,1-3H3. The van der Waals surface area contributed by atoms with Crippen molar-refractivity contribution in [1.29, 1.82) is 0 Å². The van der Waals surface area contributed by atoms with Crippen LogP contribution >= 0.6 is 0 Å². The molecule has 0 fully saturated rings. The van der Waals surface area contributed by atoms with Gasteiger partial charge in [0, 0.05) is 34.4 Å². The van der Waals surface area contributed by atoms with Gasteiger partial charge in [0.1, 0.15) is 0 Å². The van der Waals surface area contributed by atoms with Crippen molar-refractivity contribution in [3.63, 3.8) is 0 Å². The average Bonchev–Trinajstić information content (AvgIpc) is 2.29. The first-order valence-corrected chi connectivity index (χ1v) is 5.11. The Balaban J connectivity index is 2.52. The van der Waals surface area contributed by atoms with E-state index in [1.54, 1.807) is 7.11 Å². The number of hydrogen-bond donors (Lipinski definition) is 1. The summed E-state index contributed by atoms with van der Waals surface area (Å²) in [5, 5.41) is 3.08. The molecule has 1 aromatic heterocycles. The summed E-state index contributed by atoms with van der Waals surface area (Å²) in [5.74, 6) is 0. The van der Waals surface area contributed by atoms with Crippen LogP contribution in [-0.4, -0.2) is 39.3 Å². The van der Waals surface area contributed by atoms with Gasteiger partial charge in [0.25, 0.3) is 0 Å². The van der Waals surface area contributed by atoms with Gasteiger partial charge in [0.2, 0.25) is 0 Å². The minimum Gasteiger partial charge on any atom is -0.387 e. The van der Waals surface area contributed by atoms with E-state index in [4.69, 9.17) is 4.74 Å². The van der Waals surface area contributed by atoms with Crippen molar-refractivity contribution in [2.75, 3.05) is 44.6 Å². The summed E-state index contributed by atoms with van der Waals surface area (Å²) in [5.41, 5.74) is 2.16. The Morgan fingerprint density at radius 3 is 2.93 bits per heavy atom. The zero-order valence-corrected chi connectivity index (χ0v) is 9.66. The Kier molecular flexibility index (Phi) is 4.90. The summed E-state index contributed by atoms with van der Waals surface area (Å²) in [6.45, 7) is 1.77. The molecule has 0 saturated heterocycles. The minimum absolute atomic E-state index is 0.795. The SMILES string of the molecule is CNc1cncc(N(C)CCCOC)c1. The maximum absolute atomic E-state index is 5.02. The highest BCUT2D eigenvalue weighted by molar-refractivity contribution is 5.54. The van der Waals surface area contributed by atoms with Crippen LogP contribution < -0.4 is 10.2 Å². The number of anilines is 2. The van der Waals surface area contributed by atoms with Gasteiger partial charge in [-0.05, 0) is 12.5 Å². The fourth-order valence-corrected chi connectivity index (χ4v) is 1.35. The second-order valence-electron chi connectivity index (χ2n) is 3.45. The molecule has 0 atom stereocenters. The predicted octanol–water partition coefficient (Wildman–Crippen LogP) is 1.60. The second-order valence-corrected chi connectivity index (χ2v) is 3.45. The molecule has 1 rings (SSSR count). The number of methoxy groups -OCH3 is 1. The van der Waals surface area contributed by atoms with E-state index in [0.717, 1.165) is 30.9 Å². The third-order valence-corrected chi connectivity index (χ3v) is 2.30. The molecule has 84 valence electrons. The number of nitrogens with one attached hydrogen (secondary N) is 1. The van der Waals surface area contributed by atoms with Gasteiger partial charge in [-0.2, -0.15) is 0 Å². The summed E-state index contributed by atoms with van der Waals surface area (Å²) in [7, 11) is 5.68. The van der Waals surface area contributed by atoms with Crippen LogP contribution in [0, 0.1) is 0 Å². The number of ether oxygens (including phenoxy) is 1. The smallest absolute Gasteiger partial charge is 0.0570 e. The van der Waals surface area contributed by atoms with Crippen LogP contribution in [0.5, 0.6) is 0 Å². The van der Waals surface area contributed by atoms with E-state index in [1.165, 1.54) is 0 Å². The summed E-state index contributed by atoms with van der Waals surface area (Å²) in [6.07, 6.45) is 4.71. The van der Waals surface area contributed by atoms with Gasteiger partial charge in [0.15, 0.2) is 0 Å². The van der Waals surface area contributed by atoms with Crippen molar-refractivity contribution in [3.05, 3.63) is 18.5 Å². The highest BCUT2D eigenvalue weighted by Crippen LogP contribution is 2.15. The van der Waals surface area contributed by atoms with Gasteiger partial charge < -0.3 is 15.0 Å². The lowest BCUT2D eigenvalue weighted by atomic mass is 10.3. The Labute approximate surface area is 91.3 Å². The molecule has 0 aliphatic carbocycles. The molecular formula is C11H19N3O. The maximum Gasteiger partial charge on any atom is 0.0570 e. The monoisotopic (exact) mass is 209 g/mol. The third kappa shape index (κ3) is 3.75. The van der Waals surface area contributed by atoms with E-state index in [-0.39, 0.29) is 0 Å². The van der Waals surface area contributed by atoms with Crippen molar-refractivity contribution in [1.82, 2.24) is 4.98 Å². The lowest BCUT2D eigenvalue weighted by Gasteiger charge is -2.19. The number of hydrogen-bond acceptors (Lipinski definition) is 4. The molecular weight excluding hydrogens is 190 g/mol. The lowest BCUT2D eigenvalue weighted by Crippen LogP contribution is -2.19. The first-order valence-electron chi connectivity index (χ1n) is 5.11. The minimum atomic E-state index is 0.795. The van der Waals surface area contributed by atoms with Crippen molar-refractivity contribution in [2.45, 2.75) is 6.42 Å². The number of pyridine rings is 1. The van der Waals surface area contributed by atoms with Crippen LogP contribution in [-0.2, 0) is 4.74 Å². The molecule has 0 saturated carbocycles.